The largest absolute Gasteiger partial charge is 0.467 e. The highest BCUT2D eigenvalue weighted by molar-refractivity contribution is 8.00. The fourth-order valence-corrected chi connectivity index (χ4v) is 5.43. The molecule has 1 aliphatic rings. The molecule has 204 valence electrons. The lowest BCUT2D eigenvalue weighted by atomic mass is 10.1. The number of nitrogens with zero attached hydrogens (tertiary/aromatic N) is 1. The first kappa shape index (κ1) is 29.6. The lowest BCUT2D eigenvalue weighted by molar-refractivity contribution is -0.145. The molecule has 4 amide bonds. The third-order valence-electron chi connectivity index (χ3n) is 5.50. The number of nitrogens with one attached hydrogen (secondary N) is 3. The van der Waals surface area contributed by atoms with Gasteiger partial charge in [-0.3, -0.25) is 9.59 Å². The summed E-state index contributed by atoms with van der Waals surface area (Å²) in [6, 6.07) is 10.3. The molecule has 12 heteroatoms. The molecule has 1 fully saturated rings. The molecule has 3 N–H and O–H groups in total. The van der Waals surface area contributed by atoms with E-state index in [1.807, 2.05) is 20.8 Å². The molecule has 9 nitrogen and oxygen atoms in total. The van der Waals surface area contributed by atoms with E-state index >= 15 is 0 Å². The zero-order valence-electron chi connectivity index (χ0n) is 21.5. The molecule has 1 unspecified atom stereocenters. The van der Waals surface area contributed by atoms with E-state index in [-0.39, 0.29) is 28.1 Å². The summed E-state index contributed by atoms with van der Waals surface area (Å²) in [5, 5.41) is 8.04. The van der Waals surface area contributed by atoms with Crippen molar-refractivity contribution in [1.82, 2.24) is 15.5 Å². The first-order valence-corrected chi connectivity index (χ1v) is 13.6. The van der Waals surface area contributed by atoms with Gasteiger partial charge in [-0.25, -0.2) is 9.59 Å². The zero-order valence-corrected chi connectivity index (χ0v) is 23.8. The summed E-state index contributed by atoms with van der Waals surface area (Å²) < 4.78 is 4.90. The number of rotatable bonds is 7. The van der Waals surface area contributed by atoms with Crippen LogP contribution < -0.4 is 16.0 Å². The molecule has 0 saturated carbocycles. The Morgan fingerprint density at radius 3 is 2.29 bits per heavy atom. The lowest BCUT2D eigenvalue weighted by Crippen LogP contribution is -2.55. The Morgan fingerprint density at radius 1 is 1.08 bits per heavy atom. The molecule has 0 bridgehead atoms. The van der Waals surface area contributed by atoms with Crippen molar-refractivity contribution < 1.29 is 23.9 Å². The van der Waals surface area contributed by atoms with Crippen LogP contribution in [-0.4, -0.2) is 65.1 Å². The number of benzene rings is 2. The summed E-state index contributed by atoms with van der Waals surface area (Å²) in [4.78, 5) is 52.3. The summed E-state index contributed by atoms with van der Waals surface area (Å²) in [5.41, 5.74) is 0.932. The van der Waals surface area contributed by atoms with Crippen LogP contribution in [0.5, 0.6) is 0 Å². The van der Waals surface area contributed by atoms with Gasteiger partial charge >= 0.3 is 12.0 Å². The summed E-state index contributed by atoms with van der Waals surface area (Å²) in [6.45, 7) is 6.00. The SMILES string of the molecule is COC(=O)[C@H](Cc1ccc(NC(=O)c2c(Cl)cccc2Cl)cc1)NC(=O)C1SCCN1C(=O)NC(C)(C)C. The maximum atomic E-state index is 13.1. The number of amides is 4. The first-order valence-electron chi connectivity index (χ1n) is 11.8. The predicted octanol–water partition coefficient (Wildman–Crippen LogP) is 4.33. The van der Waals surface area contributed by atoms with Crippen LogP contribution in [0.15, 0.2) is 42.5 Å². The first-order chi connectivity index (χ1) is 17.9. The zero-order chi connectivity index (χ0) is 28.0. The molecule has 0 aliphatic carbocycles. The van der Waals surface area contributed by atoms with Crippen molar-refractivity contribution in [2.24, 2.45) is 0 Å². The van der Waals surface area contributed by atoms with Crippen molar-refractivity contribution in [2.75, 3.05) is 24.7 Å². The average molecular weight is 582 g/mol. The topological polar surface area (TPSA) is 117 Å². The van der Waals surface area contributed by atoms with Gasteiger partial charge in [0, 0.05) is 29.9 Å². The maximum Gasteiger partial charge on any atom is 0.328 e. The predicted molar refractivity (Wildman–Crippen MR) is 150 cm³/mol. The molecule has 0 radical (unpaired) electrons. The Kier molecular flexibility index (Phi) is 9.92. The highest BCUT2D eigenvalue weighted by Crippen LogP contribution is 2.26. The van der Waals surface area contributed by atoms with Crippen molar-refractivity contribution in [3.05, 3.63) is 63.6 Å². The van der Waals surface area contributed by atoms with Crippen molar-refractivity contribution in [2.45, 2.75) is 44.1 Å². The fourth-order valence-electron chi connectivity index (χ4n) is 3.73. The van der Waals surface area contributed by atoms with Gasteiger partial charge in [0.2, 0.25) is 0 Å². The van der Waals surface area contributed by atoms with Gasteiger partial charge in [-0.1, -0.05) is 41.4 Å². The number of thioether (sulfide) groups is 1. The number of hydrogen-bond donors (Lipinski definition) is 3. The molecular formula is C26H30Cl2N4O5S. The van der Waals surface area contributed by atoms with Crippen LogP contribution in [0.3, 0.4) is 0 Å². The summed E-state index contributed by atoms with van der Waals surface area (Å²) in [7, 11) is 1.24. The van der Waals surface area contributed by atoms with Crippen molar-refractivity contribution in [3.63, 3.8) is 0 Å². The number of carbonyl (C=O) groups excluding carboxylic acids is 4. The number of hydrogen-bond acceptors (Lipinski definition) is 6. The molecule has 2 aromatic rings. The van der Waals surface area contributed by atoms with Crippen molar-refractivity contribution in [3.8, 4) is 0 Å². The van der Waals surface area contributed by atoms with Gasteiger partial charge in [-0.05, 0) is 50.6 Å². The smallest absolute Gasteiger partial charge is 0.328 e. The summed E-state index contributed by atoms with van der Waals surface area (Å²) >= 11 is 13.5. The number of urea groups is 1. The van der Waals surface area contributed by atoms with E-state index in [1.54, 1.807) is 42.5 Å². The van der Waals surface area contributed by atoms with Crippen molar-refractivity contribution in [1.29, 1.82) is 0 Å². The van der Waals surface area contributed by atoms with Crippen LogP contribution in [0.2, 0.25) is 10.0 Å². The second-order valence-electron chi connectivity index (χ2n) is 9.63. The van der Waals surface area contributed by atoms with Gasteiger partial charge in [-0.15, -0.1) is 11.8 Å². The van der Waals surface area contributed by atoms with Gasteiger partial charge < -0.3 is 25.6 Å². The quantitative estimate of drug-likeness (QED) is 0.420. The summed E-state index contributed by atoms with van der Waals surface area (Å²) in [5.74, 6) is -0.919. The molecule has 0 aromatic heterocycles. The second kappa shape index (κ2) is 12.7. The van der Waals surface area contributed by atoms with Crippen LogP contribution in [0.1, 0.15) is 36.7 Å². The Morgan fingerprint density at radius 2 is 1.71 bits per heavy atom. The van der Waals surface area contributed by atoms with Gasteiger partial charge in [0.15, 0.2) is 5.37 Å². The Hall–Kier alpha value is -2.95. The Balaban J connectivity index is 1.66. The van der Waals surface area contributed by atoms with Gasteiger partial charge in [0.1, 0.15) is 6.04 Å². The third kappa shape index (κ3) is 7.78. The highest BCUT2D eigenvalue weighted by Gasteiger charge is 2.37. The average Bonchev–Trinajstić information content (AvgIpc) is 3.33. The Bertz CT molecular complexity index is 1180. The lowest BCUT2D eigenvalue weighted by Gasteiger charge is -2.29. The third-order valence-corrected chi connectivity index (χ3v) is 7.33. The number of esters is 1. The number of methoxy groups -OCH3 is 1. The van der Waals surface area contributed by atoms with Crippen LogP contribution in [-0.2, 0) is 20.7 Å². The number of anilines is 1. The summed E-state index contributed by atoms with van der Waals surface area (Å²) in [6.07, 6.45) is 0.147. The van der Waals surface area contributed by atoms with E-state index < -0.39 is 34.7 Å². The van der Waals surface area contributed by atoms with E-state index in [4.69, 9.17) is 27.9 Å². The van der Waals surface area contributed by atoms with Crippen LogP contribution in [0.4, 0.5) is 10.5 Å². The minimum Gasteiger partial charge on any atom is -0.467 e. The minimum atomic E-state index is -0.969. The monoisotopic (exact) mass is 580 g/mol. The Labute approximate surface area is 235 Å². The molecule has 2 aromatic carbocycles. The van der Waals surface area contributed by atoms with Gasteiger partial charge in [0.25, 0.3) is 11.8 Å². The van der Waals surface area contributed by atoms with Crippen molar-refractivity contribution >= 4 is 64.5 Å². The number of halogens is 2. The van der Waals surface area contributed by atoms with Gasteiger partial charge in [0.05, 0.1) is 22.7 Å². The normalized spacial score (nSPS) is 15.9. The maximum absolute atomic E-state index is 13.1. The highest BCUT2D eigenvalue weighted by atomic mass is 35.5. The fraction of sp³-hybridized carbons (Fsp3) is 0.385. The van der Waals surface area contributed by atoms with E-state index in [2.05, 4.69) is 16.0 Å². The second-order valence-corrected chi connectivity index (χ2v) is 11.6. The molecule has 0 spiro atoms. The molecular weight excluding hydrogens is 551 g/mol. The standard InChI is InChI=1S/C26H30Cl2N4O5S/c1-26(2,3)31-25(36)32-12-13-38-23(32)22(34)30-19(24(35)37-4)14-15-8-10-16(11-9-15)29-21(33)20-17(27)6-5-7-18(20)28/h5-11,19,23H,12-14H2,1-4H3,(H,29,33)(H,30,34)(H,31,36)/t19-,23?/m0/s1. The number of carbonyl (C=O) groups is 4. The van der Waals surface area contributed by atoms with E-state index in [9.17, 15) is 19.2 Å². The van der Waals surface area contributed by atoms with Crippen LogP contribution in [0.25, 0.3) is 0 Å². The molecule has 1 saturated heterocycles. The van der Waals surface area contributed by atoms with E-state index in [0.29, 0.717) is 18.0 Å². The van der Waals surface area contributed by atoms with Gasteiger partial charge in [-0.2, -0.15) is 0 Å². The van der Waals surface area contributed by atoms with Crippen LogP contribution >= 0.6 is 35.0 Å². The number of ether oxygens (including phenoxy) is 1. The molecule has 2 atom stereocenters. The molecule has 3 rings (SSSR count). The van der Waals surface area contributed by atoms with E-state index in [1.165, 1.54) is 23.8 Å². The minimum absolute atomic E-state index is 0.147. The molecule has 1 heterocycles. The molecule has 38 heavy (non-hydrogen) atoms. The molecule has 1 aliphatic heterocycles. The van der Waals surface area contributed by atoms with Crippen LogP contribution in [0, 0.1) is 0 Å². The van der Waals surface area contributed by atoms with E-state index in [0.717, 1.165) is 5.56 Å².